The fourth-order valence-electron chi connectivity index (χ4n) is 1.22. The minimum Gasteiger partial charge on any atom is -0.384 e. The van der Waals surface area contributed by atoms with E-state index in [1.54, 1.807) is 18.5 Å². The smallest absolute Gasteiger partial charge is 0.225 e. The molecule has 0 bridgehead atoms. The normalized spacial score (nSPS) is 12.3. The van der Waals surface area contributed by atoms with Crippen LogP contribution in [0.1, 0.15) is 18.5 Å². The fraction of sp³-hybridized carbons (Fsp3) is 0.222. The molecule has 15 heavy (non-hydrogen) atoms. The van der Waals surface area contributed by atoms with E-state index in [4.69, 9.17) is 5.73 Å². The number of nitrogens with two attached hydrogens (primary N) is 1. The van der Waals surface area contributed by atoms with Crippen molar-refractivity contribution < 1.29 is 0 Å². The summed E-state index contributed by atoms with van der Waals surface area (Å²) in [6, 6.07) is 1.73. The first-order chi connectivity index (χ1) is 7.25. The predicted octanol–water partition coefficient (Wildman–Crippen LogP) is 0.955. The molecule has 0 aliphatic carbocycles. The maximum Gasteiger partial charge on any atom is 0.225 e. The van der Waals surface area contributed by atoms with Crippen LogP contribution in [0.15, 0.2) is 24.7 Å². The van der Waals surface area contributed by atoms with Gasteiger partial charge in [-0.15, -0.1) is 0 Å². The lowest BCUT2D eigenvalue weighted by atomic mass is 10.2. The number of aromatic amines is 1. The lowest BCUT2D eigenvalue weighted by Crippen LogP contribution is -2.09. The van der Waals surface area contributed by atoms with Crippen molar-refractivity contribution in [3.8, 4) is 0 Å². The average molecular weight is 204 g/mol. The molecule has 0 amide bonds. The number of aromatic nitrogens is 4. The molecular weight excluding hydrogens is 192 g/mol. The topological polar surface area (TPSA) is 92.5 Å². The van der Waals surface area contributed by atoms with Gasteiger partial charge in [0.1, 0.15) is 5.82 Å². The molecule has 0 radical (unpaired) electrons. The zero-order valence-corrected chi connectivity index (χ0v) is 8.31. The molecule has 6 heteroatoms. The maximum absolute atomic E-state index is 5.54. The van der Waals surface area contributed by atoms with Gasteiger partial charge in [0, 0.05) is 18.0 Å². The lowest BCUT2D eigenvalue weighted by molar-refractivity contribution is 0.862. The highest BCUT2D eigenvalue weighted by molar-refractivity contribution is 5.36. The number of nitrogens with zero attached hydrogens (tertiary/aromatic N) is 3. The van der Waals surface area contributed by atoms with Crippen molar-refractivity contribution in [2.75, 3.05) is 11.1 Å². The molecule has 0 aliphatic rings. The SMILES string of the molecule is CC(Nc1nccc(N)n1)c1cn[nH]c1. The zero-order valence-electron chi connectivity index (χ0n) is 8.31. The number of H-pyrrole nitrogens is 1. The minimum absolute atomic E-state index is 0.0885. The van der Waals surface area contributed by atoms with Crippen LogP contribution in [0, 0.1) is 0 Å². The van der Waals surface area contributed by atoms with Crippen LogP contribution < -0.4 is 11.1 Å². The monoisotopic (exact) mass is 204 g/mol. The number of nitrogen functional groups attached to an aromatic ring is 1. The summed E-state index contributed by atoms with van der Waals surface area (Å²) in [5.74, 6) is 0.968. The third kappa shape index (κ3) is 2.22. The first kappa shape index (κ1) is 9.45. The molecule has 2 rings (SSSR count). The second-order valence-electron chi connectivity index (χ2n) is 3.20. The second-order valence-corrected chi connectivity index (χ2v) is 3.20. The fourth-order valence-corrected chi connectivity index (χ4v) is 1.22. The minimum atomic E-state index is 0.0885. The summed E-state index contributed by atoms with van der Waals surface area (Å²) in [4.78, 5) is 8.10. The van der Waals surface area contributed by atoms with E-state index in [1.807, 2.05) is 13.1 Å². The number of hydrogen-bond acceptors (Lipinski definition) is 5. The molecule has 0 aromatic carbocycles. The number of anilines is 2. The highest BCUT2D eigenvalue weighted by Gasteiger charge is 2.07. The van der Waals surface area contributed by atoms with Gasteiger partial charge in [-0.2, -0.15) is 10.1 Å². The van der Waals surface area contributed by atoms with Crippen molar-refractivity contribution >= 4 is 11.8 Å². The number of nitrogens with one attached hydrogen (secondary N) is 2. The Balaban J connectivity index is 2.09. The van der Waals surface area contributed by atoms with Crippen molar-refractivity contribution in [2.45, 2.75) is 13.0 Å². The van der Waals surface area contributed by atoms with Crippen LogP contribution in [0.25, 0.3) is 0 Å². The lowest BCUT2D eigenvalue weighted by Gasteiger charge is -2.11. The molecule has 0 fully saturated rings. The van der Waals surface area contributed by atoms with E-state index in [0.29, 0.717) is 11.8 Å². The van der Waals surface area contributed by atoms with Gasteiger partial charge in [-0.25, -0.2) is 4.98 Å². The van der Waals surface area contributed by atoms with Gasteiger partial charge in [0.2, 0.25) is 5.95 Å². The predicted molar refractivity (Wildman–Crippen MR) is 57.1 cm³/mol. The van der Waals surface area contributed by atoms with Crippen LogP contribution in [-0.4, -0.2) is 20.2 Å². The Morgan fingerprint density at radius 2 is 2.40 bits per heavy atom. The summed E-state index contributed by atoms with van der Waals surface area (Å²) in [6.45, 7) is 2.00. The summed E-state index contributed by atoms with van der Waals surface area (Å²) in [6.07, 6.45) is 5.20. The summed E-state index contributed by atoms with van der Waals surface area (Å²) in [5.41, 5.74) is 6.59. The Hall–Kier alpha value is -2.11. The molecule has 4 N–H and O–H groups in total. The molecule has 78 valence electrons. The molecule has 2 aromatic rings. The summed E-state index contributed by atoms with van der Waals surface area (Å²) < 4.78 is 0. The van der Waals surface area contributed by atoms with Crippen molar-refractivity contribution in [2.24, 2.45) is 0 Å². The van der Waals surface area contributed by atoms with Gasteiger partial charge in [0.25, 0.3) is 0 Å². The molecular formula is C9H12N6. The van der Waals surface area contributed by atoms with Gasteiger partial charge >= 0.3 is 0 Å². The first-order valence-corrected chi connectivity index (χ1v) is 4.59. The quantitative estimate of drug-likeness (QED) is 0.692. The van der Waals surface area contributed by atoms with Crippen LogP contribution in [0.3, 0.4) is 0 Å². The number of hydrogen-bond donors (Lipinski definition) is 3. The largest absolute Gasteiger partial charge is 0.384 e. The summed E-state index contributed by atoms with van der Waals surface area (Å²) in [5, 5.41) is 9.75. The van der Waals surface area contributed by atoms with Gasteiger partial charge in [-0.1, -0.05) is 0 Å². The molecule has 0 aliphatic heterocycles. The molecule has 0 saturated heterocycles. The molecule has 6 nitrogen and oxygen atoms in total. The Bertz CT molecular complexity index is 424. The molecule has 2 aromatic heterocycles. The van der Waals surface area contributed by atoms with E-state index >= 15 is 0 Å². The average Bonchev–Trinajstić information content (AvgIpc) is 2.70. The van der Waals surface area contributed by atoms with Crippen molar-refractivity contribution in [1.29, 1.82) is 0 Å². The van der Waals surface area contributed by atoms with Crippen LogP contribution >= 0.6 is 0 Å². The van der Waals surface area contributed by atoms with Gasteiger partial charge in [-0.05, 0) is 13.0 Å². The Morgan fingerprint density at radius 3 is 3.07 bits per heavy atom. The summed E-state index contributed by atoms with van der Waals surface area (Å²) in [7, 11) is 0. The van der Waals surface area contributed by atoms with E-state index in [2.05, 4.69) is 25.5 Å². The second kappa shape index (κ2) is 3.95. The standard InChI is InChI=1S/C9H12N6/c1-6(7-4-12-13-5-7)14-9-11-3-2-8(10)15-9/h2-6H,1H3,(H,12,13)(H3,10,11,14,15). The van der Waals surface area contributed by atoms with Crippen LogP contribution in [0.5, 0.6) is 0 Å². The molecule has 1 atom stereocenters. The van der Waals surface area contributed by atoms with Gasteiger partial charge in [0.15, 0.2) is 0 Å². The van der Waals surface area contributed by atoms with Crippen molar-refractivity contribution in [3.05, 3.63) is 30.2 Å². The highest BCUT2D eigenvalue weighted by atomic mass is 15.1. The number of rotatable bonds is 3. The first-order valence-electron chi connectivity index (χ1n) is 4.59. The van der Waals surface area contributed by atoms with E-state index in [1.165, 1.54) is 0 Å². The zero-order chi connectivity index (χ0) is 10.7. The molecule has 0 spiro atoms. The third-order valence-electron chi connectivity index (χ3n) is 2.04. The van der Waals surface area contributed by atoms with Crippen molar-refractivity contribution in [1.82, 2.24) is 20.2 Å². The highest BCUT2D eigenvalue weighted by Crippen LogP contribution is 2.14. The van der Waals surface area contributed by atoms with Crippen LogP contribution in [0.2, 0.25) is 0 Å². The Kier molecular flexibility index (Phi) is 2.49. The van der Waals surface area contributed by atoms with E-state index in [-0.39, 0.29) is 6.04 Å². The van der Waals surface area contributed by atoms with Crippen molar-refractivity contribution in [3.63, 3.8) is 0 Å². The van der Waals surface area contributed by atoms with Gasteiger partial charge in [-0.3, -0.25) is 5.10 Å². The molecule has 2 heterocycles. The maximum atomic E-state index is 5.54. The Labute approximate surface area is 86.9 Å². The van der Waals surface area contributed by atoms with Crippen LogP contribution in [-0.2, 0) is 0 Å². The van der Waals surface area contributed by atoms with E-state index < -0.39 is 0 Å². The van der Waals surface area contributed by atoms with E-state index in [9.17, 15) is 0 Å². The van der Waals surface area contributed by atoms with Crippen LogP contribution in [0.4, 0.5) is 11.8 Å². The Morgan fingerprint density at radius 1 is 1.53 bits per heavy atom. The molecule has 0 saturated carbocycles. The third-order valence-corrected chi connectivity index (χ3v) is 2.04. The van der Waals surface area contributed by atoms with Gasteiger partial charge < -0.3 is 11.1 Å². The van der Waals surface area contributed by atoms with E-state index in [0.717, 1.165) is 5.56 Å². The molecule has 1 unspecified atom stereocenters. The van der Waals surface area contributed by atoms with Gasteiger partial charge in [0.05, 0.1) is 12.2 Å². The summed E-state index contributed by atoms with van der Waals surface area (Å²) >= 11 is 0.